The molecule has 0 atom stereocenters. The molecule has 1 heterocycles. The predicted molar refractivity (Wildman–Crippen MR) is 66.6 cm³/mol. The van der Waals surface area contributed by atoms with E-state index in [1.807, 2.05) is 0 Å². The van der Waals surface area contributed by atoms with Gasteiger partial charge in [-0.25, -0.2) is 0 Å². The average Bonchev–Trinajstić information content (AvgIpc) is 2.32. The number of hydrogen-bond donors (Lipinski definition) is 2. The van der Waals surface area contributed by atoms with Crippen molar-refractivity contribution in [3.63, 3.8) is 0 Å². The van der Waals surface area contributed by atoms with Crippen molar-refractivity contribution in [1.82, 2.24) is 10.6 Å². The summed E-state index contributed by atoms with van der Waals surface area (Å²) in [6, 6.07) is 0. The highest BCUT2D eigenvalue weighted by Gasteiger charge is 2.26. The van der Waals surface area contributed by atoms with Gasteiger partial charge in [-0.3, -0.25) is 4.79 Å². The first-order valence-electron chi connectivity index (χ1n) is 6.13. The van der Waals surface area contributed by atoms with E-state index in [0.717, 1.165) is 25.9 Å². The molecule has 106 valence electrons. The SMILES string of the molecule is O=C(CSC1CCNCC1)NCCCC(F)(F)F. The standard InChI is InChI=1S/C11H19F3N2OS/c12-11(13,14)4-1-5-16-10(17)8-18-9-2-6-15-7-3-9/h9,15H,1-8H2,(H,16,17). The second-order valence-corrected chi connectivity index (χ2v) is 5.62. The third-order valence-electron chi connectivity index (χ3n) is 2.70. The summed E-state index contributed by atoms with van der Waals surface area (Å²) in [4.78, 5) is 11.4. The summed E-state index contributed by atoms with van der Waals surface area (Å²) in [5.74, 6) is 0.178. The number of carbonyl (C=O) groups is 1. The Hall–Kier alpha value is -0.430. The Morgan fingerprint density at radius 2 is 2.00 bits per heavy atom. The molecule has 1 amide bonds. The van der Waals surface area contributed by atoms with Gasteiger partial charge in [-0.15, -0.1) is 11.8 Å². The second-order valence-electron chi connectivity index (χ2n) is 4.33. The number of nitrogens with one attached hydrogen (secondary N) is 2. The molecule has 0 aromatic heterocycles. The summed E-state index contributed by atoms with van der Waals surface area (Å²) in [6.07, 6.45) is -2.92. The van der Waals surface area contributed by atoms with Gasteiger partial charge in [0.25, 0.3) is 0 Å². The number of piperidine rings is 1. The highest BCUT2D eigenvalue weighted by atomic mass is 32.2. The van der Waals surface area contributed by atoms with Crippen molar-refractivity contribution in [2.45, 2.75) is 37.1 Å². The molecule has 18 heavy (non-hydrogen) atoms. The van der Waals surface area contributed by atoms with Crippen LogP contribution in [0.15, 0.2) is 0 Å². The molecule has 0 bridgehead atoms. The van der Waals surface area contributed by atoms with Gasteiger partial charge in [0, 0.05) is 18.2 Å². The summed E-state index contributed by atoms with van der Waals surface area (Å²) in [7, 11) is 0. The summed E-state index contributed by atoms with van der Waals surface area (Å²) in [6.45, 7) is 2.06. The minimum atomic E-state index is -4.13. The summed E-state index contributed by atoms with van der Waals surface area (Å²) >= 11 is 1.59. The Morgan fingerprint density at radius 1 is 1.33 bits per heavy atom. The van der Waals surface area contributed by atoms with Crippen molar-refractivity contribution in [3.8, 4) is 0 Å². The van der Waals surface area contributed by atoms with E-state index in [-0.39, 0.29) is 18.9 Å². The third-order valence-corrected chi connectivity index (χ3v) is 4.07. The normalized spacial score (nSPS) is 17.7. The fraction of sp³-hybridized carbons (Fsp3) is 0.909. The van der Waals surface area contributed by atoms with Crippen molar-refractivity contribution in [2.75, 3.05) is 25.4 Å². The maximum Gasteiger partial charge on any atom is 0.389 e. The molecule has 7 heteroatoms. The minimum absolute atomic E-state index is 0.0484. The lowest BCUT2D eigenvalue weighted by Crippen LogP contribution is -2.31. The van der Waals surface area contributed by atoms with Gasteiger partial charge in [0.15, 0.2) is 0 Å². The fourth-order valence-electron chi connectivity index (χ4n) is 1.72. The van der Waals surface area contributed by atoms with Gasteiger partial charge < -0.3 is 10.6 Å². The van der Waals surface area contributed by atoms with Gasteiger partial charge in [-0.2, -0.15) is 13.2 Å². The van der Waals surface area contributed by atoms with Gasteiger partial charge in [-0.05, 0) is 32.4 Å². The van der Waals surface area contributed by atoms with Crippen molar-refractivity contribution >= 4 is 17.7 Å². The summed E-state index contributed by atoms with van der Waals surface area (Å²) in [5.41, 5.74) is 0. The maximum absolute atomic E-state index is 11.8. The lowest BCUT2D eigenvalue weighted by Gasteiger charge is -2.21. The number of halogens is 3. The van der Waals surface area contributed by atoms with Crippen LogP contribution < -0.4 is 10.6 Å². The molecule has 0 aliphatic carbocycles. The van der Waals surface area contributed by atoms with Crippen LogP contribution in [0.2, 0.25) is 0 Å². The molecule has 1 fully saturated rings. The minimum Gasteiger partial charge on any atom is -0.355 e. The van der Waals surface area contributed by atoms with Crippen LogP contribution in [-0.4, -0.2) is 42.7 Å². The van der Waals surface area contributed by atoms with Crippen LogP contribution in [0.25, 0.3) is 0 Å². The Bertz CT molecular complexity index is 255. The maximum atomic E-state index is 11.8. The van der Waals surface area contributed by atoms with E-state index in [9.17, 15) is 18.0 Å². The predicted octanol–water partition coefficient (Wildman–Crippen LogP) is 1.93. The van der Waals surface area contributed by atoms with Crippen LogP contribution in [0.5, 0.6) is 0 Å². The van der Waals surface area contributed by atoms with Crippen LogP contribution in [0.4, 0.5) is 13.2 Å². The van der Waals surface area contributed by atoms with Crippen molar-refractivity contribution < 1.29 is 18.0 Å². The molecule has 1 aliphatic rings. The third kappa shape index (κ3) is 7.81. The van der Waals surface area contributed by atoms with Gasteiger partial charge in [0.2, 0.25) is 5.91 Å². The van der Waals surface area contributed by atoms with Gasteiger partial charge in [-0.1, -0.05) is 0 Å². The fourth-order valence-corrected chi connectivity index (χ4v) is 2.78. The van der Waals surface area contributed by atoms with E-state index in [2.05, 4.69) is 10.6 Å². The zero-order valence-corrected chi connectivity index (χ0v) is 11.0. The monoisotopic (exact) mass is 284 g/mol. The largest absolute Gasteiger partial charge is 0.389 e. The van der Waals surface area contributed by atoms with Crippen LogP contribution in [-0.2, 0) is 4.79 Å². The molecule has 1 rings (SSSR count). The molecule has 0 unspecified atom stereocenters. The van der Waals surface area contributed by atoms with Gasteiger partial charge in [0.05, 0.1) is 5.75 Å². The number of rotatable bonds is 6. The lowest BCUT2D eigenvalue weighted by atomic mass is 10.2. The molecule has 2 N–H and O–H groups in total. The molecule has 1 saturated heterocycles. The highest BCUT2D eigenvalue weighted by Crippen LogP contribution is 2.21. The number of amides is 1. The van der Waals surface area contributed by atoms with E-state index in [1.54, 1.807) is 11.8 Å². The number of carbonyl (C=O) groups excluding carboxylic acids is 1. The Kier molecular flexibility index (Phi) is 6.85. The van der Waals surface area contributed by atoms with Crippen LogP contribution in [0.3, 0.4) is 0 Å². The van der Waals surface area contributed by atoms with E-state index in [0.29, 0.717) is 11.0 Å². The number of thioether (sulfide) groups is 1. The molecule has 3 nitrogen and oxygen atoms in total. The molecule has 1 aliphatic heterocycles. The zero-order valence-electron chi connectivity index (χ0n) is 10.2. The Morgan fingerprint density at radius 3 is 2.61 bits per heavy atom. The van der Waals surface area contributed by atoms with Crippen molar-refractivity contribution in [1.29, 1.82) is 0 Å². The Labute approximate surface area is 109 Å². The van der Waals surface area contributed by atoms with Gasteiger partial charge in [0.1, 0.15) is 0 Å². The number of hydrogen-bond acceptors (Lipinski definition) is 3. The number of alkyl halides is 3. The smallest absolute Gasteiger partial charge is 0.355 e. The molecule has 0 spiro atoms. The van der Waals surface area contributed by atoms with E-state index < -0.39 is 12.6 Å². The molecule has 0 aromatic carbocycles. The van der Waals surface area contributed by atoms with Gasteiger partial charge >= 0.3 is 6.18 Å². The topological polar surface area (TPSA) is 41.1 Å². The average molecular weight is 284 g/mol. The van der Waals surface area contributed by atoms with E-state index in [1.165, 1.54) is 0 Å². The van der Waals surface area contributed by atoms with Crippen LogP contribution in [0, 0.1) is 0 Å². The molecule has 0 aromatic rings. The molecule has 0 radical (unpaired) electrons. The zero-order chi connectivity index (χ0) is 13.4. The highest BCUT2D eigenvalue weighted by molar-refractivity contribution is 8.00. The second kappa shape index (κ2) is 7.89. The van der Waals surface area contributed by atoms with Crippen molar-refractivity contribution in [2.24, 2.45) is 0 Å². The van der Waals surface area contributed by atoms with Crippen LogP contribution >= 0.6 is 11.8 Å². The first kappa shape index (κ1) is 15.6. The lowest BCUT2D eigenvalue weighted by molar-refractivity contribution is -0.136. The first-order chi connectivity index (χ1) is 8.47. The summed E-state index contributed by atoms with van der Waals surface area (Å²) < 4.78 is 35.5. The molecular weight excluding hydrogens is 265 g/mol. The summed E-state index contributed by atoms with van der Waals surface area (Å²) in [5, 5.41) is 6.25. The van der Waals surface area contributed by atoms with E-state index >= 15 is 0 Å². The molecule has 0 saturated carbocycles. The van der Waals surface area contributed by atoms with Crippen LogP contribution in [0.1, 0.15) is 25.7 Å². The Balaban J connectivity index is 2.00. The van der Waals surface area contributed by atoms with Crippen molar-refractivity contribution in [3.05, 3.63) is 0 Å². The quantitative estimate of drug-likeness (QED) is 0.732. The first-order valence-corrected chi connectivity index (χ1v) is 7.18. The molecular formula is C11H19F3N2OS. The van der Waals surface area contributed by atoms with E-state index in [4.69, 9.17) is 0 Å².